The zero-order valence-corrected chi connectivity index (χ0v) is 17.5. The third kappa shape index (κ3) is 6.79. The molecule has 0 atom stereocenters. The van der Waals surface area contributed by atoms with Crippen LogP contribution in [0.15, 0.2) is 4.99 Å². The van der Waals surface area contributed by atoms with E-state index in [1.165, 1.54) is 19.3 Å². The molecule has 0 unspecified atom stereocenters. The highest BCUT2D eigenvalue weighted by Gasteiger charge is 2.16. The Morgan fingerprint density at radius 3 is 2.81 bits per heavy atom. The molecule has 1 aromatic heterocycles. The van der Waals surface area contributed by atoms with Gasteiger partial charge in [-0.15, -0.1) is 10.2 Å². The zero-order valence-electron chi connectivity index (χ0n) is 16.7. The van der Waals surface area contributed by atoms with E-state index >= 15 is 0 Å². The number of aryl methyl sites for hydroxylation is 1. The van der Waals surface area contributed by atoms with Gasteiger partial charge in [-0.3, -0.25) is 0 Å². The van der Waals surface area contributed by atoms with Gasteiger partial charge in [-0.2, -0.15) is 11.8 Å². The molecule has 1 aromatic rings. The number of rotatable bonds is 9. The Kier molecular flexibility index (Phi) is 9.25. The molecule has 1 fully saturated rings. The minimum absolute atomic E-state index is 0.545. The molecule has 8 heteroatoms. The lowest BCUT2D eigenvalue weighted by Gasteiger charge is -2.27. The molecule has 1 N–H and O–H groups in total. The van der Waals surface area contributed by atoms with Crippen LogP contribution < -0.4 is 5.32 Å². The molecular formula is C18H34N6OS. The number of nitrogens with one attached hydrogen (secondary N) is 1. The fourth-order valence-electron chi connectivity index (χ4n) is 2.98. The van der Waals surface area contributed by atoms with Crippen LogP contribution in [0.5, 0.6) is 0 Å². The van der Waals surface area contributed by atoms with Gasteiger partial charge in [0.2, 0.25) is 0 Å². The zero-order chi connectivity index (χ0) is 18.8. The van der Waals surface area contributed by atoms with Gasteiger partial charge in [-0.05, 0) is 50.5 Å². The fourth-order valence-corrected chi connectivity index (χ4v) is 3.41. The van der Waals surface area contributed by atoms with Gasteiger partial charge in [0.25, 0.3) is 0 Å². The van der Waals surface area contributed by atoms with E-state index in [2.05, 4.69) is 33.7 Å². The molecule has 7 nitrogen and oxygen atoms in total. The smallest absolute Gasteiger partial charge is 0.194 e. The first-order valence-corrected chi connectivity index (χ1v) is 10.9. The minimum Gasteiger partial charge on any atom is -0.381 e. The fraction of sp³-hybridized carbons (Fsp3) is 0.833. The lowest BCUT2D eigenvalue weighted by atomic mass is 9.96. The van der Waals surface area contributed by atoms with E-state index in [9.17, 15) is 0 Å². The Morgan fingerprint density at radius 2 is 2.15 bits per heavy atom. The molecule has 1 saturated heterocycles. The van der Waals surface area contributed by atoms with Crippen molar-refractivity contribution < 1.29 is 4.74 Å². The molecule has 1 aliphatic heterocycles. The molecule has 0 amide bonds. The van der Waals surface area contributed by atoms with Crippen LogP contribution in [0.1, 0.15) is 37.3 Å². The van der Waals surface area contributed by atoms with Gasteiger partial charge in [0.1, 0.15) is 12.4 Å². The van der Waals surface area contributed by atoms with Crippen LogP contribution in [0.25, 0.3) is 0 Å². The second-order valence-electron chi connectivity index (χ2n) is 6.90. The predicted octanol–water partition coefficient (Wildman–Crippen LogP) is 2.07. The molecule has 2 rings (SSSR count). The van der Waals surface area contributed by atoms with Crippen molar-refractivity contribution in [1.29, 1.82) is 0 Å². The Labute approximate surface area is 162 Å². The number of hydrogen-bond donors (Lipinski definition) is 1. The SMILES string of the molecule is CSCCCNC(=NCc1nnc(C)n1C)N(C)CCC1CCOCC1. The molecular weight excluding hydrogens is 348 g/mol. The highest BCUT2D eigenvalue weighted by Crippen LogP contribution is 2.18. The Hall–Kier alpha value is -1.28. The number of ether oxygens (including phenoxy) is 1. The number of thioether (sulfide) groups is 1. The van der Waals surface area contributed by atoms with Gasteiger partial charge in [0, 0.05) is 40.4 Å². The Bertz CT molecular complexity index is 556. The molecule has 0 bridgehead atoms. The standard InChI is InChI=1S/C18H34N6OS/c1-15-21-22-17(24(15)3)14-20-18(19-9-5-13-26-4)23(2)10-6-16-7-11-25-12-8-16/h16H,5-14H2,1-4H3,(H,19,20). The number of hydrogen-bond acceptors (Lipinski definition) is 5. The van der Waals surface area contributed by atoms with Gasteiger partial charge in [-0.25, -0.2) is 4.99 Å². The van der Waals surface area contributed by atoms with Crippen molar-refractivity contribution in [1.82, 2.24) is 25.0 Å². The van der Waals surface area contributed by atoms with Crippen LogP contribution in [-0.4, -0.2) is 71.0 Å². The van der Waals surface area contributed by atoms with E-state index in [-0.39, 0.29) is 0 Å². The largest absolute Gasteiger partial charge is 0.381 e. The molecule has 2 heterocycles. The lowest BCUT2D eigenvalue weighted by Crippen LogP contribution is -2.40. The first-order chi connectivity index (χ1) is 12.6. The summed E-state index contributed by atoms with van der Waals surface area (Å²) in [7, 11) is 4.11. The average Bonchev–Trinajstić information content (AvgIpc) is 2.98. The molecule has 0 aliphatic carbocycles. The summed E-state index contributed by atoms with van der Waals surface area (Å²) in [5, 5.41) is 11.9. The van der Waals surface area contributed by atoms with E-state index in [1.807, 2.05) is 30.3 Å². The van der Waals surface area contributed by atoms with Crippen molar-refractivity contribution in [3.63, 3.8) is 0 Å². The van der Waals surface area contributed by atoms with Gasteiger partial charge in [0.05, 0.1) is 0 Å². The predicted molar refractivity (Wildman–Crippen MR) is 109 cm³/mol. The molecule has 26 heavy (non-hydrogen) atoms. The van der Waals surface area contributed by atoms with Crippen LogP contribution in [0.3, 0.4) is 0 Å². The maximum Gasteiger partial charge on any atom is 0.194 e. The van der Waals surface area contributed by atoms with Crippen LogP contribution in [0, 0.1) is 12.8 Å². The lowest BCUT2D eigenvalue weighted by molar-refractivity contribution is 0.0625. The Balaban J connectivity index is 1.91. The number of nitrogens with zero attached hydrogens (tertiary/aromatic N) is 5. The summed E-state index contributed by atoms with van der Waals surface area (Å²) in [6, 6.07) is 0. The molecule has 0 spiro atoms. The van der Waals surface area contributed by atoms with Crippen molar-refractivity contribution in [2.75, 3.05) is 45.4 Å². The maximum absolute atomic E-state index is 5.46. The summed E-state index contributed by atoms with van der Waals surface area (Å²) in [5.74, 6) is 4.69. The minimum atomic E-state index is 0.545. The van der Waals surface area contributed by atoms with Crippen molar-refractivity contribution in [3.05, 3.63) is 11.6 Å². The summed E-state index contributed by atoms with van der Waals surface area (Å²) < 4.78 is 7.46. The van der Waals surface area contributed by atoms with Crippen LogP contribution in [0.2, 0.25) is 0 Å². The second kappa shape index (κ2) is 11.4. The van der Waals surface area contributed by atoms with Crippen LogP contribution in [0.4, 0.5) is 0 Å². The highest BCUT2D eigenvalue weighted by molar-refractivity contribution is 7.98. The van der Waals surface area contributed by atoms with E-state index in [0.717, 1.165) is 62.0 Å². The quantitative estimate of drug-likeness (QED) is 0.401. The summed E-state index contributed by atoms with van der Waals surface area (Å²) in [6.45, 7) is 6.28. The third-order valence-electron chi connectivity index (χ3n) is 4.94. The van der Waals surface area contributed by atoms with Crippen molar-refractivity contribution in [2.45, 2.75) is 39.2 Å². The topological polar surface area (TPSA) is 67.6 Å². The Morgan fingerprint density at radius 1 is 1.38 bits per heavy atom. The van der Waals surface area contributed by atoms with E-state index < -0.39 is 0 Å². The summed E-state index contributed by atoms with van der Waals surface area (Å²) in [5.41, 5.74) is 0. The normalized spacial score (nSPS) is 16.1. The number of guanidine groups is 1. The van der Waals surface area contributed by atoms with Gasteiger partial charge in [0.15, 0.2) is 11.8 Å². The molecule has 148 valence electrons. The van der Waals surface area contributed by atoms with Gasteiger partial charge in [-0.1, -0.05) is 0 Å². The summed E-state index contributed by atoms with van der Waals surface area (Å²) >= 11 is 1.88. The van der Waals surface area contributed by atoms with Crippen LogP contribution >= 0.6 is 11.8 Å². The van der Waals surface area contributed by atoms with Crippen molar-refractivity contribution >= 4 is 17.7 Å². The summed E-state index contributed by atoms with van der Waals surface area (Å²) in [4.78, 5) is 7.05. The van der Waals surface area contributed by atoms with E-state index in [1.54, 1.807) is 0 Å². The molecule has 0 radical (unpaired) electrons. The van der Waals surface area contributed by atoms with E-state index in [4.69, 9.17) is 9.73 Å². The first kappa shape index (κ1) is 21.0. The van der Waals surface area contributed by atoms with Crippen molar-refractivity contribution in [3.8, 4) is 0 Å². The van der Waals surface area contributed by atoms with Crippen molar-refractivity contribution in [2.24, 2.45) is 18.0 Å². The summed E-state index contributed by atoms with van der Waals surface area (Å²) in [6.07, 6.45) is 6.83. The first-order valence-electron chi connectivity index (χ1n) is 9.52. The average molecular weight is 383 g/mol. The highest BCUT2D eigenvalue weighted by atomic mass is 32.2. The second-order valence-corrected chi connectivity index (χ2v) is 7.89. The van der Waals surface area contributed by atoms with Gasteiger partial charge >= 0.3 is 0 Å². The van der Waals surface area contributed by atoms with Crippen LogP contribution in [-0.2, 0) is 18.3 Å². The monoisotopic (exact) mass is 382 g/mol. The maximum atomic E-state index is 5.46. The number of aromatic nitrogens is 3. The van der Waals surface area contributed by atoms with E-state index in [0.29, 0.717) is 6.54 Å². The number of aliphatic imine (C=N–C) groups is 1. The molecule has 1 aliphatic rings. The van der Waals surface area contributed by atoms with Gasteiger partial charge < -0.3 is 19.5 Å². The molecule has 0 aromatic carbocycles. The molecule has 0 saturated carbocycles. The third-order valence-corrected chi connectivity index (χ3v) is 5.63.